The average molecular weight is 903 g/mol. The van der Waals surface area contributed by atoms with Gasteiger partial charge in [0.05, 0.1) is 39.0 Å². The second kappa shape index (κ2) is 18.8. The van der Waals surface area contributed by atoms with Gasteiger partial charge < -0.3 is 47.9 Å². The maximum atomic E-state index is 14.7. The number of halogens is 2. The minimum absolute atomic E-state index is 0.0174. The Labute approximate surface area is 352 Å². The monoisotopic (exact) mass is 901 g/mol. The molecule has 1 aromatic carbocycles. The molecule has 2 aliphatic heterocycles. The lowest BCUT2D eigenvalue weighted by Crippen LogP contribution is -2.45. The van der Waals surface area contributed by atoms with Crippen LogP contribution < -0.4 is 10.1 Å². The number of carbonyl (C=O) groups excluding carboxylic acids is 1. The Kier molecular flexibility index (Phi) is 14.5. The molecule has 5 atom stereocenters. The largest absolute Gasteiger partial charge is 0.414 e. The van der Waals surface area contributed by atoms with Crippen molar-refractivity contribution in [2.45, 2.75) is 109 Å². The number of rotatable bonds is 20. The number of hydrogen-bond acceptors (Lipinski definition) is 17. The van der Waals surface area contributed by atoms with Gasteiger partial charge in [0.2, 0.25) is 11.2 Å². The fraction of sp³-hybridized carbons (Fsp3) is 0.629. The summed E-state index contributed by atoms with van der Waals surface area (Å²) in [5.41, 5.74) is 0.851. The highest BCUT2D eigenvalue weighted by molar-refractivity contribution is 7.55. The van der Waals surface area contributed by atoms with Gasteiger partial charge in [0.25, 0.3) is 0 Å². The molecule has 24 heteroatoms. The Bertz CT molecular complexity index is 2120. The van der Waals surface area contributed by atoms with Gasteiger partial charge in [0, 0.05) is 26.2 Å². The summed E-state index contributed by atoms with van der Waals surface area (Å²) in [4.78, 5) is 21.4. The molecule has 0 spiro atoms. The van der Waals surface area contributed by atoms with Crippen molar-refractivity contribution in [3.8, 4) is 5.88 Å². The molecule has 2 saturated heterocycles. The van der Waals surface area contributed by atoms with Gasteiger partial charge in [-0.15, -0.1) is 5.10 Å². The number of aliphatic hydroxyl groups excluding tert-OH is 1. The van der Waals surface area contributed by atoms with Crippen LogP contribution in [0.25, 0.3) is 11.0 Å². The molecule has 1 amide bonds. The summed E-state index contributed by atoms with van der Waals surface area (Å²) in [6.07, 6.45) is -3.14. The molecule has 2 fully saturated rings. The van der Waals surface area contributed by atoms with Gasteiger partial charge in [-0.2, -0.15) is 15.1 Å². The Morgan fingerprint density at radius 1 is 1.10 bits per heavy atom. The van der Waals surface area contributed by atoms with Crippen LogP contribution >= 0.6 is 30.8 Å². The van der Waals surface area contributed by atoms with Crippen LogP contribution in [0.4, 0.5) is 4.79 Å². The minimum atomic E-state index is -4.28. The first-order chi connectivity index (χ1) is 28.0. The van der Waals surface area contributed by atoms with Crippen molar-refractivity contribution in [2.24, 2.45) is 0 Å². The first-order valence-electron chi connectivity index (χ1n) is 19.1. The van der Waals surface area contributed by atoms with E-state index < -0.39 is 64.0 Å². The van der Waals surface area contributed by atoms with Crippen molar-refractivity contribution >= 4 is 56.0 Å². The van der Waals surface area contributed by atoms with E-state index in [9.17, 15) is 14.5 Å². The van der Waals surface area contributed by atoms with Gasteiger partial charge in [0.15, 0.2) is 28.8 Å². The lowest BCUT2D eigenvalue weighted by atomic mass is 10.1. The Hall–Kier alpha value is -3.18. The molecule has 0 bridgehead atoms. The summed E-state index contributed by atoms with van der Waals surface area (Å²) < 4.78 is 66.1. The van der Waals surface area contributed by atoms with E-state index >= 15 is 0 Å². The second-order valence-corrected chi connectivity index (χ2v) is 24.1. The molecule has 20 nitrogen and oxygen atoms in total. The number of amides is 1. The number of aromatic nitrogens is 8. The highest BCUT2D eigenvalue weighted by Crippen LogP contribution is 2.62. The summed E-state index contributed by atoms with van der Waals surface area (Å²) >= 11 is 12.6. The predicted octanol–water partition coefficient (Wildman–Crippen LogP) is 5.35. The van der Waals surface area contributed by atoms with E-state index in [-0.39, 0.29) is 67.5 Å². The molecule has 3 aromatic heterocycles. The second-order valence-electron chi connectivity index (χ2n) is 15.5. The van der Waals surface area contributed by atoms with Gasteiger partial charge >= 0.3 is 13.7 Å². The molecule has 0 saturated carbocycles. The number of ether oxygens (including phenoxy) is 6. The van der Waals surface area contributed by atoms with E-state index in [1.54, 1.807) is 52.0 Å². The highest BCUT2D eigenvalue weighted by atomic mass is 35.5. The summed E-state index contributed by atoms with van der Waals surface area (Å²) in [6.45, 7) is 13.0. The molecule has 0 aliphatic carbocycles. The maximum Gasteiger partial charge on any atom is 0.414 e. The number of fused-ring (bicyclic) bond motifs is 2. The number of hydrogen-bond donors (Lipinski definition) is 2. The Balaban J connectivity index is 1.25. The summed E-state index contributed by atoms with van der Waals surface area (Å²) in [5.74, 6) is -1.01. The van der Waals surface area contributed by atoms with Gasteiger partial charge in [-0.25, -0.2) is 14.2 Å². The normalized spacial score (nSPS) is 21.5. The van der Waals surface area contributed by atoms with E-state index in [1.165, 1.54) is 15.6 Å². The van der Waals surface area contributed by atoms with E-state index in [4.69, 9.17) is 60.7 Å². The van der Waals surface area contributed by atoms with Crippen molar-refractivity contribution in [1.82, 2.24) is 45.3 Å². The van der Waals surface area contributed by atoms with Crippen LogP contribution in [0.5, 0.6) is 5.88 Å². The number of nitrogens with one attached hydrogen (secondary N) is 1. The summed E-state index contributed by atoms with van der Waals surface area (Å²) in [5, 5.41) is 28.8. The highest BCUT2D eigenvalue weighted by Gasteiger charge is 2.59. The van der Waals surface area contributed by atoms with Crippen molar-refractivity contribution in [1.29, 1.82) is 0 Å². The SMILES string of the molecule is CCOP(=O)(OCC)C(CO)(Cc1nnnn1COCC[Si](C)(C)C)OC[C@H]1O[C@@H](n2ncc3c(OC(=O)NCc4ccccc4Cl)nc(Cl)nc32)[C@@H]2OC(C)(C)O[C@@H]21. The van der Waals surface area contributed by atoms with Crippen molar-refractivity contribution in [3.63, 3.8) is 0 Å². The van der Waals surface area contributed by atoms with E-state index in [1.807, 2.05) is 0 Å². The summed E-state index contributed by atoms with van der Waals surface area (Å²) in [6, 6.07) is 7.99. The smallest absolute Gasteiger partial charge is 0.393 e. The first kappa shape index (κ1) is 45.3. The third kappa shape index (κ3) is 10.5. The molecule has 4 aromatic rings. The molecule has 1 unspecified atom stereocenters. The standard InChI is InChI=1S/C35H50Cl2N9O11PSi/c1-8-52-58(49,53-9-2)35(20-47,16-26-42-43-44-45(26)21-50-14-15-59(5,6)7)51-19-25-27-28(57-34(3,4)56-27)31(54-25)46-29-23(18-39-46)30(41-32(37)40-29)55-33(48)38-17-22-12-10-11-13-24(22)36/h10-13,18,25,27-28,31,47H,8-9,14-17,19-21H2,1-7H3,(H,38,48)/t25-,27-,28-,31-,35?/m1/s1. The molecule has 5 heterocycles. The zero-order chi connectivity index (χ0) is 42.6. The third-order valence-corrected chi connectivity index (χ3v) is 14.3. The topological polar surface area (TPSA) is 227 Å². The van der Waals surface area contributed by atoms with Crippen LogP contribution in [0.3, 0.4) is 0 Å². The first-order valence-corrected chi connectivity index (χ1v) is 25.1. The number of aliphatic hydroxyl groups is 1. The number of carbonyl (C=O) groups is 1. The van der Waals surface area contributed by atoms with Crippen molar-refractivity contribution in [3.05, 3.63) is 52.2 Å². The lowest BCUT2D eigenvalue weighted by molar-refractivity contribution is -0.207. The van der Waals surface area contributed by atoms with Crippen LogP contribution in [-0.2, 0) is 57.0 Å². The fourth-order valence-electron chi connectivity index (χ4n) is 6.55. The Morgan fingerprint density at radius 3 is 2.53 bits per heavy atom. The molecule has 324 valence electrons. The molecular formula is C35H50Cl2N9O11PSi. The number of tetrazole rings is 1. The lowest BCUT2D eigenvalue weighted by Gasteiger charge is -2.37. The molecule has 2 N–H and O–H groups in total. The number of benzene rings is 1. The molecule has 2 aliphatic rings. The zero-order valence-corrected chi connectivity index (χ0v) is 37.3. The maximum absolute atomic E-state index is 14.7. The van der Waals surface area contributed by atoms with Crippen LogP contribution in [0.2, 0.25) is 36.0 Å². The van der Waals surface area contributed by atoms with Crippen LogP contribution in [0.1, 0.15) is 45.3 Å². The molecule has 0 radical (unpaired) electrons. The van der Waals surface area contributed by atoms with Crippen LogP contribution in [-0.4, -0.2) is 122 Å². The van der Waals surface area contributed by atoms with Gasteiger partial charge in [-0.05, 0) is 67.4 Å². The van der Waals surface area contributed by atoms with Gasteiger partial charge in [-0.1, -0.05) is 49.4 Å². The van der Waals surface area contributed by atoms with E-state index in [0.717, 1.165) is 6.04 Å². The average Bonchev–Trinajstić information content (AvgIpc) is 3.94. The minimum Gasteiger partial charge on any atom is -0.393 e. The zero-order valence-electron chi connectivity index (χ0n) is 33.9. The number of nitrogens with zero attached hydrogens (tertiary/aromatic N) is 8. The molecular weight excluding hydrogens is 852 g/mol. The molecule has 59 heavy (non-hydrogen) atoms. The summed E-state index contributed by atoms with van der Waals surface area (Å²) in [7, 11) is -5.64. The third-order valence-electron chi connectivity index (χ3n) is 9.44. The van der Waals surface area contributed by atoms with Crippen LogP contribution in [0, 0.1) is 0 Å². The van der Waals surface area contributed by atoms with Crippen LogP contribution in [0.15, 0.2) is 30.5 Å². The van der Waals surface area contributed by atoms with E-state index in [0.29, 0.717) is 17.2 Å². The molecule has 6 rings (SSSR count). The van der Waals surface area contributed by atoms with Gasteiger partial charge in [-0.3, -0.25) is 4.57 Å². The van der Waals surface area contributed by atoms with Crippen molar-refractivity contribution in [2.75, 3.05) is 33.0 Å². The predicted molar refractivity (Wildman–Crippen MR) is 215 cm³/mol. The fourth-order valence-corrected chi connectivity index (χ4v) is 9.63. The van der Waals surface area contributed by atoms with E-state index in [2.05, 4.69) is 55.5 Å². The van der Waals surface area contributed by atoms with Gasteiger partial charge in [0.1, 0.15) is 30.4 Å². The van der Waals surface area contributed by atoms with Crippen molar-refractivity contribution < 1.29 is 51.9 Å². The Morgan fingerprint density at radius 2 is 1.83 bits per heavy atom. The quantitative estimate of drug-likeness (QED) is 0.0493.